The van der Waals surface area contributed by atoms with Gasteiger partial charge in [-0.05, 0) is 72.9 Å². The van der Waals surface area contributed by atoms with Crippen molar-refractivity contribution in [2.75, 3.05) is 0 Å². The molecule has 3 rings (SSSR count). The van der Waals surface area contributed by atoms with Gasteiger partial charge in [0.05, 0.1) is 0 Å². The molecular weight excluding hydrogens is 328 g/mol. The quantitative estimate of drug-likeness (QED) is 0.406. The van der Waals surface area contributed by atoms with E-state index in [0.29, 0.717) is 0 Å². The Morgan fingerprint density at radius 2 is 1.12 bits per heavy atom. The molecule has 2 heteroatoms. The van der Waals surface area contributed by atoms with Gasteiger partial charge in [-0.2, -0.15) is 0 Å². The Labute approximate surface area is 155 Å². The summed E-state index contributed by atoms with van der Waals surface area (Å²) >= 11 is 8.99. The first-order chi connectivity index (χ1) is 11.4. The molecule has 0 radical (unpaired) electrons. The number of rotatable bonds is 3. The van der Waals surface area contributed by atoms with Crippen LogP contribution in [0.4, 0.5) is 0 Å². The van der Waals surface area contributed by atoms with Crippen molar-refractivity contribution in [2.24, 2.45) is 0 Å². The highest BCUT2D eigenvalue weighted by Crippen LogP contribution is 2.42. The van der Waals surface area contributed by atoms with Crippen LogP contribution in [0.1, 0.15) is 34.7 Å². The SMILES string of the molecule is Cc1cc(S)ccc1C(C)(c1ccccc1)c1ccc(S)cc1C. The highest BCUT2D eigenvalue weighted by molar-refractivity contribution is 7.80. The molecule has 0 amide bonds. The highest BCUT2D eigenvalue weighted by atomic mass is 32.1. The van der Waals surface area contributed by atoms with E-state index in [0.717, 1.165) is 9.79 Å². The molecule has 0 nitrogen and oxygen atoms in total. The van der Waals surface area contributed by atoms with Gasteiger partial charge in [-0.15, -0.1) is 25.3 Å². The zero-order valence-corrected chi connectivity index (χ0v) is 16.0. The maximum atomic E-state index is 4.50. The smallest absolute Gasteiger partial charge is 0.0428 e. The number of hydrogen-bond acceptors (Lipinski definition) is 2. The molecule has 0 N–H and O–H groups in total. The summed E-state index contributed by atoms with van der Waals surface area (Å²) in [5, 5.41) is 0. The van der Waals surface area contributed by atoms with Gasteiger partial charge < -0.3 is 0 Å². The van der Waals surface area contributed by atoms with Crippen LogP contribution in [-0.2, 0) is 5.41 Å². The predicted octanol–water partition coefficient (Wildman–Crippen LogP) is 6.24. The number of hydrogen-bond donors (Lipinski definition) is 2. The molecule has 0 bridgehead atoms. The summed E-state index contributed by atoms with van der Waals surface area (Å²) in [4.78, 5) is 1.99. The molecule has 0 aliphatic rings. The van der Waals surface area contributed by atoms with Crippen LogP contribution in [0.5, 0.6) is 0 Å². The Morgan fingerprint density at radius 1 is 0.667 bits per heavy atom. The van der Waals surface area contributed by atoms with Crippen molar-refractivity contribution in [3.05, 3.63) is 94.5 Å². The molecule has 24 heavy (non-hydrogen) atoms. The maximum Gasteiger partial charge on any atom is 0.0428 e. The van der Waals surface area contributed by atoms with Crippen molar-refractivity contribution in [1.82, 2.24) is 0 Å². The summed E-state index contributed by atoms with van der Waals surface area (Å²) < 4.78 is 0. The minimum atomic E-state index is -0.224. The van der Waals surface area contributed by atoms with Crippen molar-refractivity contribution in [1.29, 1.82) is 0 Å². The standard InChI is InChI=1S/C22H22S2/c1-15-13-18(23)9-11-20(15)22(3,17-7-5-4-6-8-17)21-12-10-19(24)14-16(21)2/h4-14,23-24H,1-3H3. The first-order valence-electron chi connectivity index (χ1n) is 8.08. The normalized spacial score (nSPS) is 11.5. The monoisotopic (exact) mass is 350 g/mol. The Hall–Kier alpha value is -1.64. The molecule has 0 unspecified atom stereocenters. The van der Waals surface area contributed by atoms with Gasteiger partial charge in [-0.1, -0.05) is 42.5 Å². The summed E-state index contributed by atoms with van der Waals surface area (Å²) in [6.07, 6.45) is 0. The molecule has 0 heterocycles. The average molecular weight is 351 g/mol. The predicted molar refractivity (Wildman–Crippen MR) is 109 cm³/mol. The molecule has 3 aromatic rings. The summed E-state index contributed by atoms with van der Waals surface area (Å²) in [6.45, 7) is 6.64. The van der Waals surface area contributed by atoms with Crippen LogP contribution < -0.4 is 0 Å². The van der Waals surface area contributed by atoms with E-state index in [1.165, 1.54) is 27.8 Å². The maximum absolute atomic E-state index is 4.50. The van der Waals surface area contributed by atoms with Crippen LogP contribution in [0.2, 0.25) is 0 Å². The molecule has 0 aliphatic heterocycles. The van der Waals surface area contributed by atoms with E-state index >= 15 is 0 Å². The Balaban J connectivity index is 2.33. The Morgan fingerprint density at radius 3 is 1.54 bits per heavy atom. The van der Waals surface area contributed by atoms with E-state index in [1.54, 1.807) is 0 Å². The largest absolute Gasteiger partial charge is 0.143 e. The number of benzene rings is 3. The van der Waals surface area contributed by atoms with E-state index in [9.17, 15) is 0 Å². The average Bonchev–Trinajstić information content (AvgIpc) is 2.55. The van der Waals surface area contributed by atoms with Gasteiger partial charge in [0.2, 0.25) is 0 Å². The zero-order chi connectivity index (χ0) is 17.3. The molecule has 3 aromatic carbocycles. The van der Waals surface area contributed by atoms with Crippen molar-refractivity contribution < 1.29 is 0 Å². The first kappa shape index (κ1) is 17.2. The topological polar surface area (TPSA) is 0 Å². The van der Waals surface area contributed by atoms with Gasteiger partial charge >= 0.3 is 0 Å². The highest BCUT2D eigenvalue weighted by Gasteiger charge is 2.33. The van der Waals surface area contributed by atoms with Crippen LogP contribution in [0.3, 0.4) is 0 Å². The lowest BCUT2D eigenvalue weighted by Crippen LogP contribution is -2.27. The molecule has 0 saturated heterocycles. The molecule has 0 atom stereocenters. The second-order valence-corrected chi connectivity index (χ2v) is 7.52. The van der Waals surface area contributed by atoms with Crippen LogP contribution in [0, 0.1) is 13.8 Å². The van der Waals surface area contributed by atoms with Crippen molar-refractivity contribution in [3.63, 3.8) is 0 Å². The van der Waals surface area contributed by atoms with Gasteiger partial charge in [-0.3, -0.25) is 0 Å². The van der Waals surface area contributed by atoms with Gasteiger partial charge in [-0.25, -0.2) is 0 Å². The van der Waals surface area contributed by atoms with Gasteiger partial charge in [0, 0.05) is 15.2 Å². The minimum absolute atomic E-state index is 0.224. The molecule has 122 valence electrons. The van der Waals surface area contributed by atoms with Crippen molar-refractivity contribution in [2.45, 2.75) is 36.0 Å². The van der Waals surface area contributed by atoms with Gasteiger partial charge in [0.15, 0.2) is 0 Å². The van der Waals surface area contributed by atoms with Crippen molar-refractivity contribution >= 4 is 25.3 Å². The molecule has 0 aliphatic carbocycles. The third kappa shape index (κ3) is 3.01. The lowest BCUT2D eigenvalue weighted by molar-refractivity contribution is 0.679. The van der Waals surface area contributed by atoms with Crippen molar-refractivity contribution in [3.8, 4) is 0 Å². The van der Waals surface area contributed by atoms with E-state index in [2.05, 4.69) is 113 Å². The zero-order valence-electron chi connectivity index (χ0n) is 14.2. The number of thiol groups is 2. The third-order valence-corrected chi connectivity index (χ3v) is 5.40. The Bertz CT molecular complexity index is 815. The fourth-order valence-corrected chi connectivity index (χ4v) is 4.18. The first-order valence-corrected chi connectivity index (χ1v) is 8.98. The number of aryl methyl sites for hydroxylation is 2. The van der Waals surface area contributed by atoms with Gasteiger partial charge in [0.1, 0.15) is 0 Å². The van der Waals surface area contributed by atoms with E-state index in [4.69, 9.17) is 0 Å². The van der Waals surface area contributed by atoms with E-state index in [-0.39, 0.29) is 5.41 Å². The van der Waals surface area contributed by atoms with Crippen LogP contribution in [-0.4, -0.2) is 0 Å². The molecule has 0 spiro atoms. The minimum Gasteiger partial charge on any atom is -0.143 e. The van der Waals surface area contributed by atoms with E-state index in [1.807, 2.05) is 0 Å². The molecule has 0 fully saturated rings. The van der Waals surface area contributed by atoms with E-state index < -0.39 is 0 Å². The second-order valence-electron chi connectivity index (χ2n) is 6.49. The fraction of sp³-hybridized carbons (Fsp3) is 0.182. The van der Waals surface area contributed by atoms with Gasteiger partial charge in [0.25, 0.3) is 0 Å². The fourth-order valence-electron chi connectivity index (χ4n) is 3.65. The second kappa shape index (κ2) is 6.70. The van der Waals surface area contributed by atoms with Crippen LogP contribution >= 0.6 is 25.3 Å². The van der Waals surface area contributed by atoms with Crippen LogP contribution in [0.15, 0.2) is 76.5 Å². The molecule has 0 saturated carbocycles. The Kier molecular flexibility index (Phi) is 4.80. The summed E-state index contributed by atoms with van der Waals surface area (Å²) in [5.74, 6) is 0. The summed E-state index contributed by atoms with van der Waals surface area (Å²) in [7, 11) is 0. The summed E-state index contributed by atoms with van der Waals surface area (Å²) in [6, 6.07) is 23.6. The molecular formula is C22H22S2. The lowest BCUT2D eigenvalue weighted by Gasteiger charge is -2.34. The third-order valence-electron chi connectivity index (χ3n) is 4.85. The van der Waals surface area contributed by atoms with Crippen LogP contribution in [0.25, 0.3) is 0 Å². The molecule has 0 aromatic heterocycles. The lowest BCUT2D eigenvalue weighted by atomic mass is 9.68. The summed E-state index contributed by atoms with van der Waals surface area (Å²) in [5.41, 5.74) is 6.18.